The summed E-state index contributed by atoms with van der Waals surface area (Å²) >= 11 is -2.46. The van der Waals surface area contributed by atoms with Gasteiger partial charge in [-0.15, -0.1) is 0 Å². The van der Waals surface area contributed by atoms with E-state index in [0.29, 0.717) is 0 Å². The fraction of sp³-hybridized carbons (Fsp3) is 0.0588. The quantitative estimate of drug-likeness (QED) is 0.250. The number of phenolic OH excluding ortho intramolecular Hbond substituents is 1. The molecule has 4 aromatic carbocycles. The third-order valence-corrected chi connectivity index (χ3v) is 7.37. The summed E-state index contributed by atoms with van der Waals surface area (Å²) in [4.78, 5) is -1.04. The molecule has 28 heavy (non-hydrogen) atoms. The molecule has 0 fully saturated rings. The number of phenols is 1. The van der Waals surface area contributed by atoms with Gasteiger partial charge in [-0.25, -0.2) is 12.6 Å². The van der Waals surface area contributed by atoms with Gasteiger partial charge in [-0.1, -0.05) is 18.2 Å². The maximum atomic E-state index is 12.3. The van der Waals surface area contributed by atoms with Crippen LogP contribution in [0.5, 0.6) is 5.75 Å². The van der Waals surface area contributed by atoms with Crippen molar-refractivity contribution < 1.29 is 35.3 Å². The van der Waals surface area contributed by atoms with Gasteiger partial charge in [0, 0.05) is 38.6 Å². The lowest BCUT2D eigenvalue weighted by molar-refractivity contribution is 0.479. The second-order valence-electron chi connectivity index (χ2n) is 6.33. The number of hydrogen-bond donors (Lipinski definition) is 3. The van der Waals surface area contributed by atoms with Crippen molar-refractivity contribution in [1.82, 2.24) is 0 Å². The molecule has 0 heterocycles. The summed E-state index contributed by atoms with van der Waals surface area (Å²) in [5.74, 6) is -0.322. The zero-order valence-electron chi connectivity index (χ0n) is 14.1. The number of aromatic hydroxyl groups is 1. The highest BCUT2D eigenvalue weighted by atomic mass is 32.2. The molecule has 11 heteroatoms. The molecule has 3 N–H and O–H groups in total. The molecule has 0 saturated heterocycles. The Hall–Kier alpha value is -2.31. The van der Waals surface area contributed by atoms with E-state index in [2.05, 4.69) is 0 Å². The summed E-state index contributed by atoms with van der Waals surface area (Å²) in [7, 11) is -8.68. The van der Waals surface area contributed by atoms with E-state index in [1.54, 1.807) is 0 Å². The monoisotopic (exact) mass is 440 g/mol. The maximum absolute atomic E-state index is 12.3. The van der Waals surface area contributed by atoms with Gasteiger partial charge in [-0.05, 0) is 18.2 Å². The molecule has 0 spiro atoms. The van der Waals surface area contributed by atoms with Crippen LogP contribution in [0.1, 0.15) is 0 Å². The van der Waals surface area contributed by atoms with Crippen molar-refractivity contribution in [2.45, 2.75) is 14.7 Å². The predicted molar refractivity (Wildman–Crippen MR) is 104 cm³/mol. The van der Waals surface area contributed by atoms with Gasteiger partial charge in [0.25, 0.3) is 10.1 Å². The van der Waals surface area contributed by atoms with Gasteiger partial charge >= 0.3 is 0 Å². The second kappa shape index (κ2) is 5.84. The summed E-state index contributed by atoms with van der Waals surface area (Å²) < 4.78 is 79.4. The van der Waals surface area contributed by atoms with Crippen LogP contribution in [0, 0.1) is 0 Å². The zero-order valence-corrected chi connectivity index (χ0v) is 16.5. The van der Waals surface area contributed by atoms with E-state index >= 15 is 0 Å². The van der Waals surface area contributed by atoms with Crippen LogP contribution >= 0.6 is 0 Å². The summed E-state index contributed by atoms with van der Waals surface area (Å²) in [5.41, 5.74) is 0. The van der Waals surface area contributed by atoms with Crippen molar-refractivity contribution >= 4 is 63.4 Å². The minimum atomic E-state index is -4.78. The Balaban J connectivity index is 2.45. The normalized spacial score (nSPS) is 14.2. The topological polar surface area (TPSA) is 146 Å². The van der Waals surface area contributed by atoms with Crippen molar-refractivity contribution in [2.24, 2.45) is 0 Å². The molecular weight excluding hydrogens is 428 g/mol. The summed E-state index contributed by atoms with van der Waals surface area (Å²) in [6.45, 7) is 0. The van der Waals surface area contributed by atoms with Crippen LogP contribution in [0.25, 0.3) is 32.3 Å². The van der Waals surface area contributed by atoms with Gasteiger partial charge in [-0.2, -0.15) is 8.42 Å². The van der Waals surface area contributed by atoms with E-state index in [-0.39, 0.29) is 47.9 Å². The van der Waals surface area contributed by atoms with Gasteiger partial charge in [0.1, 0.15) is 10.6 Å². The summed E-state index contributed by atoms with van der Waals surface area (Å²) in [5, 5.41) is 11.4. The largest absolute Gasteiger partial charge is 0.507 e. The molecule has 4 aromatic rings. The third-order valence-electron chi connectivity index (χ3n) is 4.63. The van der Waals surface area contributed by atoms with E-state index in [4.69, 9.17) is 0 Å². The highest BCUT2D eigenvalue weighted by Crippen LogP contribution is 2.44. The van der Waals surface area contributed by atoms with Gasteiger partial charge in [-0.3, -0.25) is 4.55 Å². The van der Waals surface area contributed by atoms with Crippen molar-refractivity contribution in [2.75, 3.05) is 6.26 Å². The van der Waals surface area contributed by atoms with E-state index in [1.807, 2.05) is 0 Å². The Labute approximate surface area is 161 Å². The molecule has 1 atom stereocenters. The average Bonchev–Trinajstić information content (AvgIpc) is 2.58. The lowest BCUT2D eigenvalue weighted by atomic mass is 9.94. The number of rotatable bonds is 3. The molecule has 8 nitrogen and oxygen atoms in total. The first-order chi connectivity index (χ1) is 12.9. The Morgan fingerprint density at radius 2 is 1.32 bits per heavy atom. The minimum Gasteiger partial charge on any atom is -0.507 e. The van der Waals surface area contributed by atoms with Crippen LogP contribution in [0.15, 0.2) is 51.1 Å². The molecular formula is C17H12O8S3. The number of hydrogen-bond acceptors (Lipinski definition) is 6. The minimum absolute atomic E-state index is 0.0308. The Morgan fingerprint density at radius 1 is 0.821 bits per heavy atom. The molecule has 0 aromatic heterocycles. The first kappa shape index (κ1) is 19.0. The third kappa shape index (κ3) is 2.66. The van der Waals surface area contributed by atoms with Gasteiger partial charge in [0.2, 0.25) is 0 Å². The summed E-state index contributed by atoms with van der Waals surface area (Å²) in [6, 6.07) is 7.60. The van der Waals surface area contributed by atoms with Crippen molar-refractivity contribution in [1.29, 1.82) is 0 Å². The van der Waals surface area contributed by atoms with E-state index < -0.39 is 35.9 Å². The van der Waals surface area contributed by atoms with Crippen LogP contribution in [0.3, 0.4) is 0 Å². The van der Waals surface area contributed by atoms with E-state index in [0.717, 1.165) is 18.4 Å². The molecule has 146 valence electrons. The van der Waals surface area contributed by atoms with Gasteiger partial charge in [0.15, 0.2) is 20.9 Å². The molecule has 0 amide bonds. The molecule has 0 aliphatic carbocycles. The smallest absolute Gasteiger partial charge is 0.295 e. The molecule has 0 aliphatic rings. The van der Waals surface area contributed by atoms with Crippen LogP contribution in [0.4, 0.5) is 0 Å². The van der Waals surface area contributed by atoms with Crippen LogP contribution in [-0.4, -0.2) is 41.5 Å². The molecule has 4 rings (SSSR count). The fourth-order valence-corrected chi connectivity index (χ4v) is 5.81. The van der Waals surface area contributed by atoms with E-state index in [9.17, 15) is 35.3 Å². The average molecular weight is 440 g/mol. The van der Waals surface area contributed by atoms with Crippen LogP contribution in [0.2, 0.25) is 0 Å². The van der Waals surface area contributed by atoms with Crippen LogP contribution in [-0.2, 0) is 31.0 Å². The highest BCUT2D eigenvalue weighted by Gasteiger charge is 2.26. The Kier molecular flexibility index (Phi) is 3.97. The SMILES string of the molecule is CS(=O)(=O)c1cc(S(=O)(=O)O)c2ccc3c(S(=O)O)cc(O)c4ccc1c2c43. The predicted octanol–water partition coefficient (Wildman–Crippen LogP) is 2.52. The first-order valence-electron chi connectivity index (χ1n) is 7.67. The molecule has 1 unspecified atom stereocenters. The van der Waals surface area contributed by atoms with Crippen molar-refractivity contribution in [3.8, 4) is 5.75 Å². The van der Waals surface area contributed by atoms with Crippen LogP contribution < -0.4 is 0 Å². The highest BCUT2D eigenvalue weighted by molar-refractivity contribution is 7.91. The Morgan fingerprint density at radius 3 is 1.86 bits per heavy atom. The molecule has 0 aliphatic heterocycles. The summed E-state index contributed by atoms with van der Waals surface area (Å²) in [6.07, 6.45) is 0.901. The maximum Gasteiger partial charge on any atom is 0.295 e. The lowest BCUT2D eigenvalue weighted by Gasteiger charge is -2.17. The molecule has 0 saturated carbocycles. The number of sulfone groups is 1. The van der Waals surface area contributed by atoms with Crippen molar-refractivity contribution in [3.63, 3.8) is 0 Å². The van der Waals surface area contributed by atoms with E-state index in [1.165, 1.54) is 24.3 Å². The van der Waals surface area contributed by atoms with Crippen molar-refractivity contribution in [3.05, 3.63) is 36.4 Å². The fourth-order valence-electron chi connectivity index (χ4n) is 3.54. The Bertz CT molecular complexity index is 1480. The molecule has 0 bridgehead atoms. The lowest BCUT2D eigenvalue weighted by Crippen LogP contribution is -2.06. The molecule has 0 radical (unpaired) electrons. The van der Waals surface area contributed by atoms with Gasteiger partial charge in [0.05, 0.1) is 9.79 Å². The zero-order chi connectivity index (χ0) is 20.6. The first-order valence-corrected chi connectivity index (χ1v) is 12.1. The second-order valence-corrected chi connectivity index (χ2v) is 10.6. The van der Waals surface area contributed by atoms with Gasteiger partial charge < -0.3 is 9.66 Å². The standard InChI is InChI=1S/C17H12O8S3/c1-27(21,22)14-7-15(28(23,24)25)11-5-3-9-13(26(19)20)6-12(18)8-2-4-10(14)17(11)16(8)9/h2-7,18H,1H3,(H,19,20)(H,23,24,25). The number of benzene rings is 4.